The summed E-state index contributed by atoms with van der Waals surface area (Å²) < 4.78 is 29.0. The Balaban J connectivity index is 1.73. The largest absolute Gasteiger partial charge is 0.339 e. The van der Waals surface area contributed by atoms with Crippen molar-refractivity contribution in [3.63, 3.8) is 0 Å². The minimum Gasteiger partial charge on any atom is -0.339 e. The second-order valence-corrected chi connectivity index (χ2v) is 8.18. The molecular weight excluding hydrogens is 392 g/mol. The number of halogens is 2. The van der Waals surface area contributed by atoms with Crippen molar-refractivity contribution in [1.29, 1.82) is 0 Å². The van der Waals surface area contributed by atoms with Crippen LogP contribution in [0.5, 0.6) is 0 Å². The lowest BCUT2D eigenvalue weighted by atomic mass is 9.96. The second-order valence-electron chi connectivity index (χ2n) is 8.18. The Kier molecular flexibility index (Phi) is 5.99. The van der Waals surface area contributed by atoms with Crippen molar-refractivity contribution >= 4 is 16.7 Å². The third-order valence-corrected chi connectivity index (χ3v) is 5.65. The first kappa shape index (κ1) is 21.0. The van der Waals surface area contributed by atoms with E-state index in [1.807, 2.05) is 36.4 Å². The standard InChI is InChI=1S/C27H25F2NO/c1-18(2)27-26(25(31)15-13-19-12-14-22(28)23(29)16-19)21-10-6-7-11-24(21)30(27)17-20-8-4-3-5-9-20/h3-12,14,16,18H,13,15,17H2,1-2H3. The van der Waals surface area contributed by atoms with Crippen LogP contribution in [0.4, 0.5) is 8.78 Å². The van der Waals surface area contributed by atoms with E-state index in [0.29, 0.717) is 18.5 Å². The van der Waals surface area contributed by atoms with Gasteiger partial charge in [0.1, 0.15) is 0 Å². The third kappa shape index (κ3) is 4.29. The minimum atomic E-state index is -0.882. The van der Waals surface area contributed by atoms with E-state index in [9.17, 15) is 13.6 Å². The molecule has 0 saturated carbocycles. The van der Waals surface area contributed by atoms with E-state index in [-0.39, 0.29) is 18.1 Å². The third-order valence-electron chi connectivity index (χ3n) is 5.65. The van der Waals surface area contributed by atoms with Crippen molar-refractivity contribution in [2.45, 2.75) is 39.2 Å². The molecule has 2 nitrogen and oxygen atoms in total. The van der Waals surface area contributed by atoms with Crippen molar-refractivity contribution in [3.8, 4) is 0 Å². The summed E-state index contributed by atoms with van der Waals surface area (Å²) >= 11 is 0. The molecule has 4 aromatic rings. The molecular formula is C27H25F2NO. The smallest absolute Gasteiger partial charge is 0.165 e. The number of aromatic nitrogens is 1. The van der Waals surface area contributed by atoms with Gasteiger partial charge in [-0.1, -0.05) is 68.4 Å². The molecule has 4 heteroatoms. The van der Waals surface area contributed by atoms with Crippen LogP contribution in [0.1, 0.15) is 53.4 Å². The van der Waals surface area contributed by atoms with Crippen LogP contribution in [0.3, 0.4) is 0 Å². The number of fused-ring (bicyclic) bond motifs is 1. The van der Waals surface area contributed by atoms with Gasteiger partial charge in [0.25, 0.3) is 0 Å². The Bertz CT molecular complexity index is 1220. The molecule has 0 unspecified atom stereocenters. The summed E-state index contributed by atoms with van der Waals surface area (Å²) in [7, 11) is 0. The first-order valence-electron chi connectivity index (χ1n) is 10.6. The lowest BCUT2D eigenvalue weighted by molar-refractivity contribution is 0.0983. The predicted molar refractivity (Wildman–Crippen MR) is 121 cm³/mol. The average Bonchev–Trinajstić information content (AvgIpc) is 3.10. The molecule has 0 amide bonds. The number of carbonyl (C=O) groups excluding carboxylic acids is 1. The molecule has 0 aliphatic rings. The topological polar surface area (TPSA) is 22.0 Å². The summed E-state index contributed by atoms with van der Waals surface area (Å²) in [6.07, 6.45) is 0.607. The number of aryl methyl sites for hydroxylation is 1. The van der Waals surface area contributed by atoms with Crippen molar-refractivity contribution in [1.82, 2.24) is 4.57 Å². The van der Waals surface area contributed by atoms with Crippen LogP contribution in [0, 0.1) is 11.6 Å². The number of carbonyl (C=O) groups is 1. The number of nitrogens with zero attached hydrogens (tertiary/aromatic N) is 1. The zero-order valence-corrected chi connectivity index (χ0v) is 17.7. The Morgan fingerprint density at radius 1 is 0.871 bits per heavy atom. The molecule has 0 aliphatic carbocycles. The van der Waals surface area contributed by atoms with Gasteiger partial charge in [-0.2, -0.15) is 0 Å². The average molecular weight is 417 g/mol. The van der Waals surface area contributed by atoms with Gasteiger partial charge in [-0.15, -0.1) is 0 Å². The van der Waals surface area contributed by atoms with E-state index in [4.69, 9.17) is 0 Å². The fourth-order valence-corrected chi connectivity index (χ4v) is 4.23. The molecule has 0 saturated heterocycles. The van der Waals surface area contributed by atoms with E-state index >= 15 is 0 Å². The maximum absolute atomic E-state index is 13.6. The molecule has 0 spiro atoms. The second kappa shape index (κ2) is 8.84. The molecule has 4 rings (SSSR count). The number of hydrogen-bond donors (Lipinski definition) is 0. The van der Waals surface area contributed by atoms with E-state index in [1.54, 1.807) is 0 Å². The van der Waals surface area contributed by atoms with Gasteiger partial charge in [-0.3, -0.25) is 4.79 Å². The summed E-state index contributed by atoms with van der Waals surface area (Å²) in [5.74, 6) is -1.58. The zero-order chi connectivity index (χ0) is 22.0. The molecule has 1 aromatic heterocycles. The SMILES string of the molecule is CC(C)c1c(C(=O)CCc2ccc(F)c(F)c2)c2ccccc2n1Cc1ccccc1. The Morgan fingerprint density at radius 2 is 1.58 bits per heavy atom. The summed E-state index contributed by atoms with van der Waals surface area (Å²) in [6, 6.07) is 22.0. The fourth-order valence-electron chi connectivity index (χ4n) is 4.23. The molecule has 0 radical (unpaired) electrons. The van der Waals surface area contributed by atoms with Crippen LogP contribution in [0.2, 0.25) is 0 Å². The lowest BCUT2D eigenvalue weighted by Gasteiger charge is -2.15. The Hall–Kier alpha value is -3.27. The van der Waals surface area contributed by atoms with E-state index in [0.717, 1.165) is 28.2 Å². The normalized spacial score (nSPS) is 11.4. The molecule has 31 heavy (non-hydrogen) atoms. The number of ketones is 1. The molecule has 3 aromatic carbocycles. The van der Waals surface area contributed by atoms with Gasteiger partial charge in [0.05, 0.1) is 0 Å². The van der Waals surface area contributed by atoms with Gasteiger partial charge in [0.2, 0.25) is 0 Å². The van der Waals surface area contributed by atoms with Crippen molar-refractivity contribution < 1.29 is 13.6 Å². The monoisotopic (exact) mass is 417 g/mol. The highest BCUT2D eigenvalue weighted by Crippen LogP contribution is 2.33. The van der Waals surface area contributed by atoms with Gasteiger partial charge in [0.15, 0.2) is 17.4 Å². The summed E-state index contributed by atoms with van der Waals surface area (Å²) in [4.78, 5) is 13.4. The minimum absolute atomic E-state index is 0.0245. The number of hydrogen-bond acceptors (Lipinski definition) is 1. The van der Waals surface area contributed by atoms with E-state index in [2.05, 4.69) is 36.6 Å². The first-order valence-corrected chi connectivity index (χ1v) is 10.6. The van der Waals surface area contributed by atoms with Crippen LogP contribution in [-0.4, -0.2) is 10.4 Å². The highest BCUT2D eigenvalue weighted by atomic mass is 19.2. The highest BCUT2D eigenvalue weighted by molar-refractivity contribution is 6.09. The van der Waals surface area contributed by atoms with E-state index < -0.39 is 11.6 Å². The molecule has 0 bridgehead atoms. The molecule has 0 aliphatic heterocycles. The fraction of sp³-hybridized carbons (Fsp3) is 0.222. The summed E-state index contributed by atoms with van der Waals surface area (Å²) in [5, 5.41) is 0.942. The molecule has 0 atom stereocenters. The number of Topliss-reactive ketones (excluding diaryl/α,β-unsaturated/α-hetero) is 1. The zero-order valence-electron chi connectivity index (χ0n) is 17.7. The van der Waals surface area contributed by atoms with E-state index in [1.165, 1.54) is 17.7 Å². The quantitative estimate of drug-likeness (QED) is 0.300. The maximum atomic E-state index is 13.6. The number of rotatable bonds is 7. The summed E-state index contributed by atoms with van der Waals surface area (Å²) in [6.45, 7) is 4.88. The maximum Gasteiger partial charge on any atom is 0.165 e. The van der Waals surface area contributed by atoms with Gasteiger partial charge >= 0.3 is 0 Å². The summed E-state index contributed by atoms with van der Waals surface area (Å²) in [5.41, 5.74) is 4.58. The highest BCUT2D eigenvalue weighted by Gasteiger charge is 2.24. The van der Waals surface area contributed by atoms with Crippen molar-refractivity contribution in [3.05, 3.63) is 107 Å². The van der Waals surface area contributed by atoms with Crippen LogP contribution >= 0.6 is 0 Å². The Morgan fingerprint density at radius 3 is 2.29 bits per heavy atom. The molecule has 0 fully saturated rings. The molecule has 0 N–H and O–H groups in total. The van der Waals surface area contributed by atoms with Crippen LogP contribution in [-0.2, 0) is 13.0 Å². The van der Waals surface area contributed by atoms with Gasteiger partial charge in [-0.25, -0.2) is 8.78 Å². The lowest BCUT2D eigenvalue weighted by Crippen LogP contribution is -2.11. The van der Waals surface area contributed by atoms with Gasteiger partial charge in [0, 0.05) is 35.1 Å². The Labute approximate surface area is 181 Å². The van der Waals surface area contributed by atoms with Gasteiger partial charge < -0.3 is 4.57 Å². The number of para-hydroxylation sites is 1. The van der Waals surface area contributed by atoms with Gasteiger partial charge in [-0.05, 0) is 41.7 Å². The van der Waals surface area contributed by atoms with Crippen LogP contribution < -0.4 is 0 Å². The number of benzene rings is 3. The van der Waals surface area contributed by atoms with Crippen LogP contribution in [0.25, 0.3) is 10.9 Å². The molecule has 158 valence electrons. The van der Waals surface area contributed by atoms with Crippen LogP contribution in [0.15, 0.2) is 72.8 Å². The van der Waals surface area contributed by atoms with Crippen molar-refractivity contribution in [2.24, 2.45) is 0 Å². The van der Waals surface area contributed by atoms with Crippen molar-refractivity contribution in [2.75, 3.05) is 0 Å². The molecule has 1 heterocycles. The first-order chi connectivity index (χ1) is 15.0. The predicted octanol–water partition coefficient (Wildman–Crippen LogP) is 6.91.